The minimum Gasteiger partial charge on any atom is -0.187 e. The molecule has 0 spiro atoms. The highest BCUT2D eigenvalue weighted by atomic mass is 32.1. The lowest BCUT2D eigenvalue weighted by atomic mass is 9.49. The summed E-state index contributed by atoms with van der Waals surface area (Å²) in [5.41, 5.74) is 0.295. The van der Waals surface area contributed by atoms with Crippen molar-refractivity contribution in [2.24, 2.45) is 41.4 Å². The van der Waals surface area contributed by atoms with Gasteiger partial charge in [-0.25, -0.2) is 0 Å². The van der Waals surface area contributed by atoms with E-state index in [-0.39, 0.29) is 0 Å². The first kappa shape index (κ1) is 15.8. The fourth-order valence-corrected chi connectivity index (χ4v) is 10.9. The van der Waals surface area contributed by atoms with E-state index in [2.05, 4.69) is 9.61 Å². The van der Waals surface area contributed by atoms with Crippen LogP contribution in [0.15, 0.2) is 0 Å². The first-order valence-electron chi connectivity index (χ1n) is 11.9. The molecule has 0 aromatic carbocycles. The second-order valence-electron chi connectivity index (χ2n) is 11.8. The second-order valence-corrected chi connectivity index (χ2v) is 12.8. The summed E-state index contributed by atoms with van der Waals surface area (Å²) in [4.78, 5) is 1.08. The maximum absolute atomic E-state index is 5.29. The summed E-state index contributed by atoms with van der Waals surface area (Å²) >= 11 is 1.88. The largest absolute Gasteiger partial charge is 0.234 e. The van der Waals surface area contributed by atoms with Gasteiger partial charge in [0.2, 0.25) is 4.96 Å². The van der Waals surface area contributed by atoms with Crippen LogP contribution in [0.3, 0.4) is 0 Å². The predicted molar refractivity (Wildman–Crippen MR) is 108 cm³/mol. The van der Waals surface area contributed by atoms with Crippen molar-refractivity contribution in [2.45, 2.75) is 82.0 Å². The third kappa shape index (κ3) is 2.00. The highest BCUT2D eigenvalue weighted by Crippen LogP contribution is 2.62. The second kappa shape index (κ2) is 5.19. The number of aromatic nitrogens is 4. The molecule has 10 rings (SSSR count). The maximum atomic E-state index is 5.29. The summed E-state index contributed by atoms with van der Waals surface area (Å²) in [5.74, 6) is 8.69. The number of hydrogen-bond donors (Lipinski definition) is 0. The van der Waals surface area contributed by atoms with Crippen LogP contribution in [0.2, 0.25) is 0 Å². The molecule has 8 saturated carbocycles. The molecule has 2 aromatic rings. The molecule has 0 N–H and O–H groups in total. The van der Waals surface area contributed by atoms with Crippen molar-refractivity contribution in [1.82, 2.24) is 19.8 Å². The molecule has 8 bridgehead atoms. The van der Waals surface area contributed by atoms with Crippen molar-refractivity contribution in [3.05, 3.63) is 10.8 Å². The van der Waals surface area contributed by atoms with Gasteiger partial charge in [0.25, 0.3) is 0 Å². The summed E-state index contributed by atoms with van der Waals surface area (Å²) in [7, 11) is 0. The van der Waals surface area contributed by atoms with Crippen molar-refractivity contribution in [1.29, 1.82) is 0 Å². The van der Waals surface area contributed by atoms with Gasteiger partial charge in [-0.15, -0.1) is 10.2 Å². The lowest BCUT2D eigenvalue weighted by Crippen LogP contribution is -2.49. The average molecular weight is 395 g/mol. The van der Waals surface area contributed by atoms with Crippen LogP contribution in [0.5, 0.6) is 0 Å². The molecule has 2 heterocycles. The molecule has 0 unspecified atom stereocenters. The molecular weight excluding hydrogens is 364 g/mol. The molecular formula is C23H30N4S. The Labute approximate surface area is 170 Å². The molecule has 5 heteroatoms. The molecule has 0 aliphatic heterocycles. The van der Waals surface area contributed by atoms with E-state index in [0.29, 0.717) is 5.41 Å². The van der Waals surface area contributed by atoms with E-state index in [1.54, 1.807) is 0 Å². The SMILES string of the molecule is C1C2CC3CC1CC(C2)C3c1nn2c(C34CC5CC(CC(C5)C3)C4)nnc2s1. The molecule has 2 aromatic heterocycles. The normalized spacial score (nSPS) is 50.9. The Kier molecular flexibility index (Phi) is 2.93. The minimum atomic E-state index is 0.295. The maximum Gasteiger partial charge on any atom is 0.234 e. The fraction of sp³-hybridized carbons (Fsp3) is 0.870. The van der Waals surface area contributed by atoms with E-state index in [9.17, 15) is 0 Å². The summed E-state index contributed by atoms with van der Waals surface area (Å²) < 4.78 is 2.23. The van der Waals surface area contributed by atoms with Crippen LogP contribution in [0, 0.1) is 41.4 Å². The highest BCUT2D eigenvalue weighted by Gasteiger charge is 2.54. The summed E-state index contributed by atoms with van der Waals surface area (Å²) in [6.07, 6.45) is 15.9. The van der Waals surface area contributed by atoms with Crippen LogP contribution in [0.4, 0.5) is 0 Å². The van der Waals surface area contributed by atoms with Gasteiger partial charge < -0.3 is 0 Å². The third-order valence-electron chi connectivity index (χ3n) is 10.0. The number of nitrogens with zero attached hydrogens (tertiary/aromatic N) is 4. The topological polar surface area (TPSA) is 43.1 Å². The summed E-state index contributed by atoms with van der Waals surface area (Å²) in [5, 5.41) is 16.2. The smallest absolute Gasteiger partial charge is 0.187 e. The van der Waals surface area contributed by atoms with Gasteiger partial charge >= 0.3 is 0 Å². The van der Waals surface area contributed by atoms with Gasteiger partial charge in [0.1, 0.15) is 5.01 Å². The van der Waals surface area contributed by atoms with Gasteiger partial charge in [-0.2, -0.15) is 9.61 Å². The van der Waals surface area contributed by atoms with Crippen molar-refractivity contribution in [3.8, 4) is 0 Å². The molecule has 0 saturated heterocycles. The van der Waals surface area contributed by atoms with Gasteiger partial charge in [-0.3, -0.25) is 0 Å². The Bertz CT molecular complexity index is 894. The van der Waals surface area contributed by atoms with Gasteiger partial charge in [-0.05, 0) is 112 Å². The zero-order chi connectivity index (χ0) is 18.0. The van der Waals surface area contributed by atoms with Crippen LogP contribution >= 0.6 is 11.3 Å². The molecule has 0 atom stereocenters. The number of fused-ring (bicyclic) bond motifs is 1. The van der Waals surface area contributed by atoms with E-state index in [1.807, 2.05) is 11.3 Å². The van der Waals surface area contributed by atoms with Gasteiger partial charge in [-0.1, -0.05) is 11.3 Å². The Balaban J connectivity index is 1.20. The van der Waals surface area contributed by atoms with Crippen LogP contribution in [0.25, 0.3) is 4.96 Å². The number of hydrogen-bond acceptors (Lipinski definition) is 4. The van der Waals surface area contributed by atoms with Crippen LogP contribution in [-0.2, 0) is 5.41 Å². The van der Waals surface area contributed by atoms with Gasteiger partial charge in [0, 0.05) is 11.3 Å². The van der Waals surface area contributed by atoms with E-state index in [0.717, 1.165) is 52.3 Å². The standard InChI is InChI=1S/C23H30N4S/c1-12-5-17-7-13(1)8-18(6-12)19(17)20-26-27-21(24-25-22(27)28-20)23-9-14-2-15(10-23)4-16(3-14)11-23/h12-19H,1-11H2. The molecule has 8 aliphatic carbocycles. The lowest BCUT2D eigenvalue weighted by molar-refractivity contribution is -0.0107. The number of rotatable bonds is 2. The Morgan fingerprint density at radius 3 is 1.89 bits per heavy atom. The average Bonchev–Trinajstić information content (AvgIpc) is 3.20. The Morgan fingerprint density at radius 2 is 1.29 bits per heavy atom. The Hall–Kier alpha value is -0.970. The minimum absolute atomic E-state index is 0.295. The Morgan fingerprint density at radius 1 is 0.714 bits per heavy atom. The molecule has 0 radical (unpaired) electrons. The zero-order valence-electron chi connectivity index (χ0n) is 16.6. The monoisotopic (exact) mass is 394 g/mol. The predicted octanol–water partition coefficient (Wildman–Crippen LogP) is 5.19. The molecule has 8 aliphatic rings. The van der Waals surface area contributed by atoms with Crippen molar-refractivity contribution in [2.75, 3.05) is 0 Å². The first-order chi connectivity index (χ1) is 13.7. The van der Waals surface area contributed by atoms with Crippen LogP contribution < -0.4 is 0 Å². The molecule has 4 nitrogen and oxygen atoms in total. The first-order valence-corrected chi connectivity index (χ1v) is 12.8. The van der Waals surface area contributed by atoms with Crippen molar-refractivity contribution >= 4 is 16.3 Å². The van der Waals surface area contributed by atoms with Gasteiger partial charge in [0.15, 0.2) is 5.82 Å². The highest BCUT2D eigenvalue weighted by molar-refractivity contribution is 7.16. The van der Waals surface area contributed by atoms with Crippen molar-refractivity contribution < 1.29 is 0 Å². The van der Waals surface area contributed by atoms with Crippen molar-refractivity contribution in [3.63, 3.8) is 0 Å². The molecule has 148 valence electrons. The fourth-order valence-electron chi connectivity index (χ4n) is 9.81. The van der Waals surface area contributed by atoms with Crippen LogP contribution in [0.1, 0.15) is 87.4 Å². The van der Waals surface area contributed by atoms with E-state index in [4.69, 9.17) is 10.2 Å². The van der Waals surface area contributed by atoms with E-state index >= 15 is 0 Å². The molecule has 28 heavy (non-hydrogen) atoms. The molecule has 8 fully saturated rings. The summed E-state index contributed by atoms with van der Waals surface area (Å²) in [6.45, 7) is 0. The summed E-state index contributed by atoms with van der Waals surface area (Å²) in [6, 6.07) is 0. The zero-order valence-corrected chi connectivity index (χ0v) is 17.4. The van der Waals surface area contributed by atoms with Gasteiger partial charge in [0.05, 0.1) is 0 Å². The van der Waals surface area contributed by atoms with E-state index in [1.165, 1.54) is 81.5 Å². The molecule has 0 amide bonds. The van der Waals surface area contributed by atoms with Crippen LogP contribution in [-0.4, -0.2) is 19.8 Å². The lowest BCUT2D eigenvalue weighted by Gasteiger charge is -2.55. The van der Waals surface area contributed by atoms with E-state index < -0.39 is 0 Å². The quantitative estimate of drug-likeness (QED) is 0.704. The third-order valence-corrected chi connectivity index (χ3v) is 11.0.